The van der Waals surface area contributed by atoms with Gasteiger partial charge in [0.2, 0.25) is 0 Å². The molecule has 0 heterocycles. The first-order valence-electron chi connectivity index (χ1n) is 7.24. The molecular weight excluding hydrogens is 276 g/mol. The molecule has 0 amide bonds. The van der Waals surface area contributed by atoms with Gasteiger partial charge in [-0.05, 0) is 42.3 Å². The highest BCUT2D eigenvalue weighted by atomic mass is 32.2. The Hall–Kier alpha value is -1.76. The van der Waals surface area contributed by atoms with Gasteiger partial charge >= 0.3 is 0 Å². The zero-order valence-electron chi connectivity index (χ0n) is 12.3. The first-order valence-corrected chi connectivity index (χ1v) is 8.22. The monoisotopic (exact) mass is 296 g/mol. The van der Waals surface area contributed by atoms with E-state index in [1.165, 1.54) is 10.5 Å². The van der Waals surface area contributed by atoms with E-state index in [1.54, 1.807) is 11.8 Å². The molecule has 2 rings (SSSR count). The second-order valence-corrected chi connectivity index (χ2v) is 5.93. The maximum atomic E-state index is 9.11. The van der Waals surface area contributed by atoms with Crippen molar-refractivity contribution in [2.45, 2.75) is 30.5 Å². The summed E-state index contributed by atoms with van der Waals surface area (Å²) in [6.45, 7) is 4.13. The number of hydrogen-bond acceptors (Lipinski definition) is 3. The number of thioether (sulfide) groups is 1. The fourth-order valence-corrected chi connectivity index (χ4v) is 3.05. The van der Waals surface area contributed by atoms with Gasteiger partial charge in [0, 0.05) is 17.2 Å². The molecule has 0 aliphatic rings. The Kier molecular flexibility index (Phi) is 6.33. The molecule has 0 fully saturated rings. The van der Waals surface area contributed by atoms with Crippen molar-refractivity contribution >= 4 is 11.8 Å². The zero-order chi connectivity index (χ0) is 14.9. The Morgan fingerprint density at radius 1 is 1.14 bits per heavy atom. The fourth-order valence-electron chi connectivity index (χ4n) is 2.07. The van der Waals surface area contributed by atoms with Gasteiger partial charge in [0.1, 0.15) is 0 Å². The molecule has 0 unspecified atom stereocenters. The van der Waals surface area contributed by atoms with Crippen LogP contribution in [0, 0.1) is 11.3 Å². The van der Waals surface area contributed by atoms with Crippen molar-refractivity contribution in [2.75, 3.05) is 6.54 Å². The molecular formula is C18H20N2S. The number of nitriles is 1. The first kappa shape index (κ1) is 15.6. The summed E-state index contributed by atoms with van der Waals surface area (Å²) in [5.41, 5.74) is 3.17. The second-order valence-electron chi connectivity index (χ2n) is 4.88. The Morgan fingerprint density at radius 3 is 2.81 bits per heavy atom. The van der Waals surface area contributed by atoms with Gasteiger partial charge in [-0.15, -0.1) is 11.8 Å². The van der Waals surface area contributed by atoms with Crippen molar-refractivity contribution in [2.24, 2.45) is 0 Å². The fraction of sp³-hybridized carbons (Fsp3) is 0.278. The number of hydrogen-bond donors (Lipinski definition) is 1. The van der Waals surface area contributed by atoms with E-state index < -0.39 is 0 Å². The van der Waals surface area contributed by atoms with Crippen LogP contribution < -0.4 is 5.32 Å². The van der Waals surface area contributed by atoms with Crippen LogP contribution in [0.2, 0.25) is 0 Å². The van der Waals surface area contributed by atoms with Crippen molar-refractivity contribution < 1.29 is 0 Å². The average Bonchev–Trinajstić information content (AvgIpc) is 2.54. The van der Waals surface area contributed by atoms with E-state index in [-0.39, 0.29) is 0 Å². The molecule has 0 spiro atoms. The van der Waals surface area contributed by atoms with Gasteiger partial charge in [-0.25, -0.2) is 0 Å². The maximum Gasteiger partial charge on any atom is 0.0994 e. The van der Waals surface area contributed by atoms with E-state index >= 15 is 0 Å². The Bertz CT molecular complexity index is 617. The lowest BCUT2D eigenvalue weighted by Gasteiger charge is -2.07. The van der Waals surface area contributed by atoms with Crippen LogP contribution in [0.25, 0.3) is 0 Å². The molecule has 108 valence electrons. The molecule has 2 aromatic carbocycles. The standard InChI is InChI=1S/C18H20N2S/c1-2-10-20-13-15-6-5-9-18(11-15)21-14-17-8-4-3-7-16(17)12-19/h3-9,11,20H,2,10,13-14H2,1H3. The third-order valence-corrected chi connectivity index (χ3v) is 4.23. The summed E-state index contributed by atoms with van der Waals surface area (Å²) in [6, 6.07) is 18.7. The summed E-state index contributed by atoms with van der Waals surface area (Å²) >= 11 is 1.78. The van der Waals surface area contributed by atoms with Crippen molar-refractivity contribution in [3.8, 4) is 6.07 Å². The summed E-state index contributed by atoms with van der Waals surface area (Å²) in [5, 5.41) is 12.5. The van der Waals surface area contributed by atoms with Gasteiger partial charge in [-0.1, -0.05) is 37.3 Å². The number of rotatable bonds is 7. The SMILES string of the molecule is CCCNCc1cccc(SCc2ccccc2C#N)c1. The van der Waals surface area contributed by atoms with E-state index in [0.717, 1.165) is 36.4 Å². The highest BCUT2D eigenvalue weighted by Crippen LogP contribution is 2.25. The number of nitrogens with zero attached hydrogens (tertiary/aromatic N) is 1. The van der Waals surface area contributed by atoms with Crippen molar-refractivity contribution in [1.29, 1.82) is 5.26 Å². The van der Waals surface area contributed by atoms with Crippen LogP contribution in [0.1, 0.15) is 30.0 Å². The second kappa shape index (κ2) is 8.51. The summed E-state index contributed by atoms with van der Waals surface area (Å²) in [7, 11) is 0. The third-order valence-electron chi connectivity index (χ3n) is 3.19. The number of benzene rings is 2. The number of nitrogens with one attached hydrogen (secondary N) is 1. The van der Waals surface area contributed by atoms with Crippen LogP contribution >= 0.6 is 11.8 Å². The summed E-state index contributed by atoms with van der Waals surface area (Å²) in [6.07, 6.45) is 1.15. The van der Waals surface area contributed by atoms with Crippen molar-refractivity contribution in [3.05, 3.63) is 65.2 Å². The van der Waals surface area contributed by atoms with E-state index in [9.17, 15) is 0 Å². The van der Waals surface area contributed by atoms with E-state index in [0.29, 0.717) is 0 Å². The molecule has 0 radical (unpaired) electrons. The van der Waals surface area contributed by atoms with Crippen LogP contribution in [-0.2, 0) is 12.3 Å². The van der Waals surface area contributed by atoms with Crippen molar-refractivity contribution in [1.82, 2.24) is 5.32 Å². The molecule has 2 nitrogen and oxygen atoms in total. The van der Waals surface area contributed by atoms with Crippen molar-refractivity contribution in [3.63, 3.8) is 0 Å². The van der Waals surface area contributed by atoms with E-state index in [2.05, 4.69) is 42.6 Å². The minimum Gasteiger partial charge on any atom is -0.313 e. The summed E-state index contributed by atoms with van der Waals surface area (Å²) in [4.78, 5) is 1.25. The molecule has 0 aliphatic carbocycles. The summed E-state index contributed by atoms with van der Waals surface area (Å²) in [5.74, 6) is 0.829. The van der Waals surface area contributed by atoms with Gasteiger partial charge < -0.3 is 5.32 Å². The van der Waals surface area contributed by atoms with Crippen LogP contribution in [0.3, 0.4) is 0 Å². The summed E-state index contributed by atoms with van der Waals surface area (Å²) < 4.78 is 0. The predicted octanol–water partition coefficient (Wildman–Crippen LogP) is 4.35. The predicted molar refractivity (Wildman–Crippen MR) is 89.2 cm³/mol. The lowest BCUT2D eigenvalue weighted by Crippen LogP contribution is -2.13. The first-order chi connectivity index (χ1) is 10.3. The molecule has 0 atom stereocenters. The van der Waals surface area contributed by atoms with Crippen LogP contribution in [-0.4, -0.2) is 6.54 Å². The minimum atomic E-state index is 0.769. The largest absolute Gasteiger partial charge is 0.313 e. The third kappa shape index (κ3) is 4.93. The maximum absolute atomic E-state index is 9.11. The Balaban J connectivity index is 1.97. The molecule has 0 saturated carbocycles. The Morgan fingerprint density at radius 2 is 2.00 bits per heavy atom. The normalized spacial score (nSPS) is 10.3. The molecule has 0 saturated heterocycles. The molecule has 0 bridgehead atoms. The van der Waals surface area contributed by atoms with E-state index in [4.69, 9.17) is 5.26 Å². The van der Waals surface area contributed by atoms with Crippen LogP contribution in [0.5, 0.6) is 0 Å². The topological polar surface area (TPSA) is 35.8 Å². The van der Waals surface area contributed by atoms with Gasteiger partial charge in [-0.3, -0.25) is 0 Å². The molecule has 21 heavy (non-hydrogen) atoms. The molecule has 0 aliphatic heterocycles. The van der Waals surface area contributed by atoms with Crippen LogP contribution in [0.15, 0.2) is 53.4 Å². The Labute approximate surface area is 131 Å². The van der Waals surface area contributed by atoms with Gasteiger partial charge in [0.15, 0.2) is 0 Å². The molecule has 3 heteroatoms. The molecule has 0 aromatic heterocycles. The average molecular weight is 296 g/mol. The van der Waals surface area contributed by atoms with Gasteiger partial charge in [0.25, 0.3) is 0 Å². The molecule has 1 N–H and O–H groups in total. The lowest BCUT2D eigenvalue weighted by atomic mass is 10.1. The molecule has 2 aromatic rings. The van der Waals surface area contributed by atoms with E-state index in [1.807, 2.05) is 24.3 Å². The smallest absolute Gasteiger partial charge is 0.0994 e. The zero-order valence-corrected chi connectivity index (χ0v) is 13.1. The highest BCUT2D eigenvalue weighted by molar-refractivity contribution is 7.98. The van der Waals surface area contributed by atoms with Gasteiger partial charge in [0.05, 0.1) is 11.6 Å². The lowest BCUT2D eigenvalue weighted by molar-refractivity contribution is 0.674. The van der Waals surface area contributed by atoms with Gasteiger partial charge in [-0.2, -0.15) is 5.26 Å². The quantitative estimate of drug-likeness (QED) is 0.609. The highest BCUT2D eigenvalue weighted by Gasteiger charge is 2.02. The minimum absolute atomic E-state index is 0.769. The van der Waals surface area contributed by atoms with Crippen LogP contribution in [0.4, 0.5) is 0 Å².